The van der Waals surface area contributed by atoms with E-state index in [2.05, 4.69) is 10.3 Å². The summed E-state index contributed by atoms with van der Waals surface area (Å²) in [4.78, 5) is 4.48. The van der Waals surface area contributed by atoms with Crippen LogP contribution < -0.4 is 10.1 Å². The summed E-state index contributed by atoms with van der Waals surface area (Å²) in [5, 5.41) is 3.42. The maximum Gasteiger partial charge on any atom is 0.128 e. The highest BCUT2D eigenvalue weighted by Crippen LogP contribution is 2.24. The molecule has 1 fully saturated rings. The molecule has 1 aliphatic rings. The molecule has 1 unspecified atom stereocenters. The summed E-state index contributed by atoms with van der Waals surface area (Å²) in [6, 6.07) is 0. The number of pyridine rings is 1. The second-order valence-corrected chi connectivity index (χ2v) is 5.34. The third-order valence-electron chi connectivity index (χ3n) is 3.99. The minimum absolute atomic E-state index is 0.192. The molecule has 1 atom stereocenters. The molecular formula is C15H24N2O3. The van der Waals surface area contributed by atoms with Gasteiger partial charge in [-0.2, -0.15) is 0 Å². The quantitative estimate of drug-likeness (QED) is 0.858. The predicted molar refractivity (Wildman–Crippen MR) is 77.1 cm³/mol. The summed E-state index contributed by atoms with van der Waals surface area (Å²) in [5.74, 6) is 0.919. The molecule has 5 heteroatoms. The van der Waals surface area contributed by atoms with Gasteiger partial charge in [-0.05, 0) is 13.8 Å². The van der Waals surface area contributed by atoms with Crippen LogP contribution in [0.4, 0.5) is 0 Å². The van der Waals surface area contributed by atoms with Gasteiger partial charge in [-0.1, -0.05) is 0 Å². The molecule has 1 N–H and O–H groups in total. The first kappa shape index (κ1) is 15.2. The van der Waals surface area contributed by atoms with Gasteiger partial charge in [0.2, 0.25) is 0 Å². The van der Waals surface area contributed by atoms with Gasteiger partial charge in [0.1, 0.15) is 11.4 Å². The second-order valence-electron chi connectivity index (χ2n) is 5.34. The van der Waals surface area contributed by atoms with Crippen molar-refractivity contribution in [3.63, 3.8) is 0 Å². The van der Waals surface area contributed by atoms with Gasteiger partial charge >= 0.3 is 0 Å². The molecule has 2 heterocycles. The Morgan fingerprint density at radius 3 is 2.80 bits per heavy atom. The van der Waals surface area contributed by atoms with Gasteiger partial charge in [0.15, 0.2) is 0 Å². The molecule has 5 nitrogen and oxygen atoms in total. The van der Waals surface area contributed by atoms with Crippen molar-refractivity contribution < 1.29 is 14.2 Å². The van der Waals surface area contributed by atoms with E-state index in [9.17, 15) is 0 Å². The fourth-order valence-electron chi connectivity index (χ4n) is 2.62. The average Bonchev–Trinajstić information content (AvgIpc) is 2.91. The minimum Gasteiger partial charge on any atom is -0.496 e. The Morgan fingerprint density at radius 1 is 1.40 bits per heavy atom. The molecular weight excluding hydrogens is 256 g/mol. The van der Waals surface area contributed by atoms with Crippen molar-refractivity contribution in [1.29, 1.82) is 0 Å². The van der Waals surface area contributed by atoms with Crippen LogP contribution in [-0.4, -0.2) is 44.6 Å². The van der Waals surface area contributed by atoms with E-state index >= 15 is 0 Å². The molecule has 0 amide bonds. The number of ether oxygens (including phenoxy) is 3. The monoisotopic (exact) mass is 280 g/mol. The Balaban J connectivity index is 1.97. The Morgan fingerprint density at radius 2 is 2.20 bits per heavy atom. The highest BCUT2D eigenvalue weighted by Gasteiger charge is 2.34. The van der Waals surface area contributed by atoms with E-state index in [0.717, 1.165) is 42.1 Å². The van der Waals surface area contributed by atoms with Crippen LogP contribution in [0.3, 0.4) is 0 Å². The van der Waals surface area contributed by atoms with E-state index in [1.54, 1.807) is 14.2 Å². The predicted octanol–water partition coefficient (Wildman–Crippen LogP) is 1.60. The maximum absolute atomic E-state index is 5.60. The average molecular weight is 280 g/mol. The lowest BCUT2D eigenvalue weighted by Crippen LogP contribution is -2.42. The molecule has 1 aromatic heterocycles. The molecule has 2 rings (SSSR count). The Labute approximate surface area is 120 Å². The van der Waals surface area contributed by atoms with E-state index in [1.807, 2.05) is 20.0 Å². The summed E-state index contributed by atoms with van der Waals surface area (Å²) < 4.78 is 16.5. The van der Waals surface area contributed by atoms with E-state index in [1.165, 1.54) is 0 Å². The van der Waals surface area contributed by atoms with Crippen LogP contribution in [-0.2, 0) is 16.0 Å². The smallest absolute Gasteiger partial charge is 0.128 e. The van der Waals surface area contributed by atoms with Crippen molar-refractivity contribution in [2.45, 2.75) is 32.4 Å². The molecule has 112 valence electrons. The highest BCUT2D eigenvalue weighted by molar-refractivity contribution is 5.40. The molecule has 1 aromatic rings. The first-order valence-corrected chi connectivity index (χ1v) is 6.94. The standard InChI is InChI=1S/C15H24N2O3/c1-11-7-17-13(12(2)14(11)18-3)8-16-9-15(19-4)5-6-20-10-15/h7,16H,5-6,8-10H2,1-4H3. The van der Waals surface area contributed by atoms with Crippen LogP contribution in [0.2, 0.25) is 0 Å². The number of nitrogens with zero attached hydrogens (tertiary/aromatic N) is 1. The van der Waals surface area contributed by atoms with Crippen LogP contribution >= 0.6 is 0 Å². The summed E-state index contributed by atoms with van der Waals surface area (Å²) in [6.07, 6.45) is 2.79. The summed E-state index contributed by atoms with van der Waals surface area (Å²) in [6.45, 7) is 6.94. The second kappa shape index (κ2) is 6.52. The summed E-state index contributed by atoms with van der Waals surface area (Å²) in [5.41, 5.74) is 2.97. The SMILES string of the molecule is COc1c(C)cnc(CNCC2(OC)CCOC2)c1C. The molecule has 0 bridgehead atoms. The van der Waals surface area contributed by atoms with Crippen LogP contribution in [0, 0.1) is 13.8 Å². The molecule has 0 aliphatic carbocycles. The first-order chi connectivity index (χ1) is 9.62. The Kier molecular flexibility index (Phi) is 4.96. The largest absolute Gasteiger partial charge is 0.496 e. The molecule has 0 radical (unpaired) electrons. The topological polar surface area (TPSA) is 52.6 Å². The van der Waals surface area contributed by atoms with E-state index < -0.39 is 0 Å². The molecule has 1 aliphatic heterocycles. The van der Waals surface area contributed by atoms with Crippen LogP contribution in [0.1, 0.15) is 23.2 Å². The number of methoxy groups -OCH3 is 2. The molecule has 0 aromatic carbocycles. The summed E-state index contributed by atoms with van der Waals surface area (Å²) >= 11 is 0. The number of hydrogen-bond acceptors (Lipinski definition) is 5. The van der Waals surface area contributed by atoms with Crippen LogP contribution in [0.5, 0.6) is 5.75 Å². The fraction of sp³-hybridized carbons (Fsp3) is 0.667. The lowest BCUT2D eigenvalue weighted by molar-refractivity contribution is -0.0159. The molecule has 20 heavy (non-hydrogen) atoms. The maximum atomic E-state index is 5.60. The van der Waals surface area contributed by atoms with Gasteiger partial charge < -0.3 is 19.5 Å². The van der Waals surface area contributed by atoms with E-state index in [-0.39, 0.29) is 5.60 Å². The zero-order chi connectivity index (χ0) is 14.6. The Hall–Kier alpha value is -1.17. The van der Waals surface area contributed by atoms with Crippen molar-refractivity contribution in [1.82, 2.24) is 10.3 Å². The van der Waals surface area contributed by atoms with Gasteiger partial charge in [-0.3, -0.25) is 4.98 Å². The van der Waals surface area contributed by atoms with Crippen LogP contribution in [0.25, 0.3) is 0 Å². The van der Waals surface area contributed by atoms with Crippen molar-refractivity contribution in [3.8, 4) is 5.75 Å². The number of rotatable bonds is 6. The van der Waals surface area contributed by atoms with Crippen molar-refractivity contribution in [2.75, 3.05) is 34.0 Å². The van der Waals surface area contributed by atoms with Gasteiger partial charge in [0.25, 0.3) is 0 Å². The fourth-order valence-corrected chi connectivity index (χ4v) is 2.62. The van der Waals surface area contributed by atoms with Gasteiger partial charge in [-0.25, -0.2) is 0 Å². The third-order valence-corrected chi connectivity index (χ3v) is 3.99. The third kappa shape index (κ3) is 3.11. The molecule has 0 saturated carbocycles. The van der Waals surface area contributed by atoms with E-state index in [0.29, 0.717) is 13.2 Å². The van der Waals surface area contributed by atoms with Gasteiger partial charge in [0, 0.05) is 50.6 Å². The van der Waals surface area contributed by atoms with Crippen molar-refractivity contribution in [2.24, 2.45) is 0 Å². The first-order valence-electron chi connectivity index (χ1n) is 6.94. The van der Waals surface area contributed by atoms with Gasteiger partial charge in [0.05, 0.1) is 19.4 Å². The Bertz CT molecular complexity index is 457. The van der Waals surface area contributed by atoms with Crippen LogP contribution in [0.15, 0.2) is 6.20 Å². The normalized spacial score (nSPS) is 22.2. The lowest BCUT2D eigenvalue weighted by atomic mass is 10.0. The number of nitrogens with one attached hydrogen (secondary N) is 1. The number of aryl methyl sites for hydroxylation is 1. The van der Waals surface area contributed by atoms with Crippen molar-refractivity contribution in [3.05, 3.63) is 23.0 Å². The minimum atomic E-state index is -0.192. The highest BCUT2D eigenvalue weighted by atomic mass is 16.5. The zero-order valence-corrected chi connectivity index (χ0v) is 12.8. The van der Waals surface area contributed by atoms with Gasteiger partial charge in [-0.15, -0.1) is 0 Å². The van der Waals surface area contributed by atoms with Crippen molar-refractivity contribution >= 4 is 0 Å². The lowest BCUT2D eigenvalue weighted by Gasteiger charge is -2.26. The molecule has 0 spiro atoms. The molecule has 1 saturated heterocycles. The van der Waals surface area contributed by atoms with E-state index in [4.69, 9.17) is 14.2 Å². The zero-order valence-electron chi connectivity index (χ0n) is 12.8. The summed E-state index contributed by atoms with van der Waals surface area (Å²) in [7, 11) is 3.44. The number of aromatic nitrogens is 1. The number of hydrogen-bond donors (Lipinski definition) is 1.